The van der Waals surface area contributed by atoms with Crippen LogP contribution >= 0.6 is 20.0 Å². The molecule has 0 bridgehead atoms. The van der Waals surface area contributed by atoms with Gasteiger partial charge in [-0.3, -0.25) is 9.36 Å². The molecule has 30 heavy (non-hydrogen) atoms. The highest BCUT2D eigenvalue weighted by molar-refractivity contribution is 8.13. The number of aromatic nitrogens is 2. The van der Waals surface area contributed by atoms with Crippen LogP contribution in [0.1, 0.15) is 27.0 Å². The number of nitrogen functional groups attached to an aromatic ring is 1. The monoisotopic (exact) mass is 464 g/mol. The summed E-state index contributed by atoms with van der Waals surface area (Å²) < 4.78 is 29.0. The van der Waals surface area contributed by atoms with Gasteiger partial charge in [-0.2, -0.15) is 4.98 Å². The molecule has 0 radical (unpaired) electrons. The summed E-state index contributed by atoms with van der Waals surface area (Å²) in [7, 11) is -2.48. The van der Waals surface area contributed by atoms with Crippen molar-refractivity contribution >= 4 is 30.9 Å². The van der Waals surface area contributed by atoms with Crippen LogP contribution in [0.4, 0.5) is 5.82 Å². The largest absolute Gasteiger partial charge is 0.697 e. The first-order valence-corrected chi connectivity index (χ1v) is 11.3. The second-order valence-electron chi connectivity index (χ2n) is 7.49. The van der Waals surface area contributed by atoms with E-state index >= 15 is 0 Å². The van der Waals surface area contributed by atoms with Crippen molar-refractivity contribution in [1.29, 1.82) is 0 Å². The van der Waals surface area contributed by atoms with E-state index in [1.54, 1.807) is 20.8 Å². The zero-order chi connectivity index (χ0) is 22.5. The molecule has 1 aliphatic heterocycles. The molecule has 1 fully saturated rings. The number of hydrogen-bond acceptors (Lipinski definition) is 11. The SMILES string of the molecule is CC1C(O)C(CO[P+](=O)OCCSC(=O)C(C)(C)CO)OC1n1ccc(N)nc1=O. The summed E-state index contributed by atoms with van der Waals surface area (Å²) in [6.45, 7) is 4.49. The predicted molar refractivity (Wildman–Crippen MR) is 110 cm³/mol. The number of aliphatic hydroxyl groups excluding tert-OH is 2. The van der Waals surface area contributed by atoms with E-state index < -0.39 is 43.7 Å². The van der Waals surface area contributed by atoms with Crippen molar-refractivity contribution < 1.29 is 33.4 Å². The lowest BCUT2D eigenvalue weighted by Crippen LogP contribution is -2.30. The molecule has 2 heterocycles. The summed E-state index contributed by atoms with van der Waals surface area (Å²) in [5.74, 6) is -0.115. The van der Waals surface area contributed by atoms with Crippen LogP contribution in [0, 0.1) is 11.3 Å². The van der Waals surface area contributed by atoms with Crippen LogP contribution in [0.25, 0.3) is 0 Å². The summed E-state index contributed by atoms with van der Waals surface area (Å²) in [6.07, 6.45) is -1.12. The van der Waals surface area contributed by atoms with E-state index in [0.29, 0.717) is 0 Å². The van der Waals surface area contributed by atoms with Gasteiger partial charge in [-0.15, -0.1) is 9.05 Å². The third-order valence-corrected chi connectivity index (χ3v) is 6.55. The summed E-state index contributed by atoms with van der Waals surface area (Å²) >= 11 is 0.974. The van der Waals surface area contributed by atoms with E-state index in [2.05, 4.69) is 4.98 Å². The minimum Gasteiger partial charge on any atom is -0.395 e. The smallest absolute Gasteiger partial charge is 0.395 e. The van der Waals surface area contributed by atoms with Gasteiger partial charge in [0, 0.05) is 22.4 Å². The first kappa shape index (κ1) is 24.9. The lowest BCUT2D eigenvalue weighted by molar-refractivity contribution is -0.119. The Morgan fingerprint density at radius 3 is 2.80 bits per heavy atom. The quantitative estimate of drug-likeness (QED) is 0.330. The van der Waals surface area contributed by atoms with E-state index in [0.717, 1.165) is 11.8 Å². The fraction of sp³-hybridized carbons (Fsp3) is 0.706. The van der Waals surface area contributed by atoms with Gasteiger partial charge in [0.15, 0.2) is 5.12 Å². The van der Waals surface area contributed by atoms with Crippen molar-refractivity contribution in [2.24, 2.45) is 11.3 Å². The molecule has 1 aliphatic rings. The first-order chi connectivity index (χ1) is 14.1. The van der Waals surface area contributed by atoms with Gasteiger partial charge in [0.1, 0.15) is 31.4 Å². The van der Waals surface area contributed by atoms with Gasteiger partial charge in [0.05, 0.1) is 18.1 Å². The number of hydrogen-bond donors (Lipinski definition) is 3. The fourth-order valence-corrected chi connectivity index (χ4v) is 4.16. The molecule has 0 spiro atoms. The van der Waals surface area contributed by atoms with Gasteiger partial charge in [-0.1, -0.05) is 18.7 Å². The van der Waals surface area contributed by atoms with Crippen LogP contribution in [-0.4, -0.2) is 62.7 Å². The van der Waals surface area contributed by atoms with Gasteiger partial charge >= 0.3 is 13.9 Å². The van der Waals surface area contributed by atoms with Gasteiger partial charge in [0.25, 0.3) is 0 Å². The molecule has 5 unspecified atom stereocenters. The number of nitrogens with zero attached hydrogens (tertiary/aromatic N) is 2. The van der Waals surface area contributed by atoms with E-state index in [-0.39, 0.29) is 36.5 Å². The van der Waals surface area contributed by atoms with E-state index in [4.69, 9.17) is 24.6 Å². The Bertz CT molecular complexity index is 820. The molecule has 0 amide bonds. The van der Waals surface area contributed by atoms with Crippen LogP contribution in [-0.2, 0) is 23.1 Å². The summed E-state index contributed by atoms with van der Waals surface area (Å²) in [6, 6.07) is 1.45. The summed E-state index contributed by atoms with van der Waals surface area (Å²) in [5.41, 5.74) is 4.02. The fourth-order valence-electron chi connectivity index (χ4n) is 2.64. The van der Waals surface area contributed by atoms with Gasteiger partial charge in [0.2, 0.25) is 0 Å². The zero-order valence-electron chi connectivity index (χ0n) is 17.0. The molecule has 0 aliphatic carbocycles. The Labute approximate surface area is 178 Å². The van der Waals surface area contributed by atoms with Gasteiger partial charge in [-0.05, 0) is 19.9 Å². The molecule has 0 saturated carbocycles. The first-order valence-electron chi connectivity index (χ1n) is 9.26. The topological polar surface area (TPSA) is 163 Å². The lowest BCUT2D eigenvalue weighted by atomic mass is 9.97. The molecule has 168 valence electrons. The molecule has 0 aromatic carbocycles. The number of aliphatic hydroxyl groups is 2. The van der Waals surface area contributed by atoms with Crippen molar-refractivity contribution in [3.63, 3.8) is 0 Å². The molecule has 1 aromatic heterocycles. The molecule has 1 saturated heterocycles. The van der Waals surface area contributed by atoms with Crippen LogP contribution in [0.5, 0.6) is 0 Å². The Kier molecular flexibility index (Phi) is 8.92. The second-order valence-corrected chi connectivity index (χ2v) is 9.52. The molecular formula is C17H27N3O8PS+. The van der Waals surface area contributed by atoms with Crippen molar-refractivity contribution in [2.75, 3.05) is 31.3 Å². The Balaban J connectivity index is 1.78. The second kappa shape index (κ2) is 10.8. The van der Waals surface area contributed by atoms with Gasteiger partial charge in [-0.25, -0.2) is 4.79 Å². The van der Waals surface area contributed by atoms with E-state index in [1.807, 2.05) is 0 Å². The molecular weight excluding hydrogens is 437 g/mol. The highest BCUT2D eigenvalue weighted by atomic mass is 32.2. The molecule has 4 N–H and O–H groups in total. The van der Waals surface area contributed by atoms with Crippen LogP contribution in [0.15, 0.2) is 17.1 Å². The average Bonchev–Trinajstić information content (AvgIpc) is 2.97. The normalized spacial score (nSPS) is 24.8. The van der Waals surface area contributed by atoms with E-state index in [1.165, 1.54) is 16.8 Å². The minimum absolute atomic E-state index is 0.00667. The third-order valence-electron chi connectivity index (χ3n) is 4.61. The van der Waals surface area contributed by atoms with Crippen molar-refractivity contribution in [2.45, 2.75) is 39.2 Å². The maximum Gasteiger partial charge on any atom is 0.697 e. The van der Waals surface area contributed by atoms with Crippen LogP contribution < -0.4 is 11.4 Å². The van der Waals surface area contributed by atoms with Crippen LogP contribution in [0.2, 0.25) is 0 Å². The number of carbonyl (C=O) groups is 1. The third kappa shape index (κ3) is 6.30. The highest BCUT2D eigenvalue weighted by Gasteiger charge is 2.44. The maximum absolute atomic E-state index is 12.0. The number of nitrogens with two attached hydrogens (primary N) is 1. The standard InChI is InChI=1S/C17H26N3O8PS/c1-10-13(22)11(28-14(10)20-5-4-12(18)19-16(20)24)8-27-29(25)26-6-7-30-15(23)17(2,3)9-21/h4-5,10-11,13-14,21-22H,6-9H2,1-3H3,(H-,18,19,24)/p+1. The Morgan fingerprint density at radius 2 is 2.17 bits per heavy atom. The maximum atomic E-state index is 12.0. The minimum atomic E-state index is -2.48. The number of rotatable bonds is 10. The number of thioether (sulfide) groups is 1. The lowest BCUT2D eigenvalue weighted by Gasteiger charge is -2.18. The molecule has 13 heteroatoms. The van der Waals surface area contributed by atoms with Crippen molar-refractivity contribution in [1.82, 2.24) is 9.55 Å². The molecule has 2 rings (SSSR count). The number of carbonyl (C=O) groups excluding carboxylic acids is 1. The van der Waals surface area contributed by atoms with Crippen molar-refractivity contribution in [3.8, 4) is 0 Å². The summed E-state index contributed by atoms with van der Waals surface area (Å²) in [5, 5.41) is 19.3. The van der Waals surface area contributed by atoms with Crippen molar-refractivity contribution in [3.05, 3.63) is 22.7 Å². The highest BCUT2D eigenvalue weighted by Crippen LogP contribution is 2.35. The van der Waals surface area contributed by atoms with Gasteiger partial charge < -0.3 is 20.7 Å². The van der Waals surface area contributed by atoms with Crippen LogP contribution in [0.3, 0.4) is 0 Å². The summed E-state index contributed by atoms with van der Waals surface area (Å²) in [4.78, 5) is 27.5. The average molecular weight is 464 g/mol. The Hall–Kier alpha value is -1.40. The molecule has 1 aromatic rings. The number of ether oxygens (including phenoxy) is 1. The molecule has 5 atom stereocenters. The Morgan fingerprint density at radius 1 is 1.47 bits per heavy atom. The predicted octanol–water partition coefficient (Wildman–Crippen LogP) is 0.689. The van der Waals surface area contributed by atoms with E-state index in [9.17, 15) is 19.3 Å². The zero-order valence-corrected chi connectivity index (χ0v) is 18.7. The molecule has 11 nitrogen and oxygen atoms in total. The number of anilines is 1.